The van der Waals surface area contributed by atoms with E-state index in [1.165, 1.54) is 0 Å². The van der Waals surface area contributed by atoms with E-state index in [4.69, 9.17) is 4.74 Å². The summed E-state index contributed by atoms with van der Waals surface area (Å²) in [5.41, 5.74) is 2.44. The molecular formula is C19H23N3O3. The van der Waals surface area contributed by atoms with E-state index in [1.54, 1.807) is 19.2 Å². The average molecular weight is 341 g/mol. The smallest absolute Gasteiger partial charge is 0.269 e. The fourth-order valence-electron chi connectivity index (χ4n) is 3.17. The highest BCUT2D eigenvalue weighted by atomic mass is 16.6. The first-order valence-electron chi connectivity index (χ1n) is 8.51. The van der Waals surface area contributed by atoms with Crippen molar-refractivity contribution >= 4 is 11.4 Å². The molecule has 2 aromatic rings. The second-order valence-electron chi connectivity index (χ2n) is 6.17. The quantitative estimate of drug-likeness (QED) is 0.597. The van der Waals surface area contributed by atoms with E-state index in [0.29, 0.717) is 0 Å². The van der Waals surface area contributed by atoms with Crippen molar-refractivity contribution < 1.29 is 9.66 Å². The third-order valence-electron chi connectivity index (χ3n) is 4.66. The molecule has 0 N–H and O–H groups in total. The van der Waals surface area contributed by atoms with Gasteiger partial charge in [0.25, 0.3) is 5.69 Å². The Morgan fingerprint density at radius 2 is 1.72 bits per heavy atom. The number of ether oxygens (including phenoxy) is 1. The van der Waals surface area contributed by atoms with Gasteiger partial charge in [-0.05, 0) is 24.1 Å². The Morgan fingerprint density at radius 1 is 1.04 bits per heavy atom. The first kappa shape index (κ1) is 17.2. The monoisotopic (exact) mass is 341 g/mol. The summed E-state index contributed by atoms with van der Waals surface area (Å²) >= 11 is 0. The van der Waals surface area contributed by atoms with Gasteiger partial charge in [-0.1, -0.05) is 24.3 Å². The van der Waals surface area contributed by atoms with Crippen LogP contribution >= 0.6 is 0 Å². The Morgan fingerprint density at radius 3 is 2.36 bits per heavy atom. The zero-order valence-corrected chi connectivity index (χ0v) is 14.4. The van der Waals surface area contributed by atoms with Gasteiger partial charge in [0, 0.05) is 44.9 Å². The molecule has 0 unspecified atom stereocenters. The van der Waals surface area contributed by atoms with Crippen LogP contribution in [0.1, 0.15) is 5.56 Å². The lowest BCUT2D eigenvalue weighted by molar-refractivity contribution is -0.384. The molecule has 0 aliphatic carbocycles. The Balaban J connectivity index is 1.50. The highest BCUT2D eigenvalue weighted by Gasteiger charge is 2.19. The van der Waals surface area contributed by atoms with E-state index in [-0.39, 0.29) is 10.6 Å². The van der Waals surface area contributed by atoms with Gasteiger partial charge < -0.3 is 9.64 Å². The van der Waals surface area contributed by atoms with Crippen molar-refractivity contribution in [1.29, 1.82) is 0 Å². The van der Waals surface area contributed by atoms with Gasteiger partial charge in [0.1, 0.15) is 5.75 Å². The predicted octanol–water partition coefficient (Wildman–Crippen LogP) is 2.97. The number of anilines is 1. The molecule has 0 atom stereocenters. The molecule has 0 saturated carbocycles. The number of methoxy groups -OCH3 is 1. The Kier molecular flexibility index (Phi) is 5.50. The molecule has 0 bridgehead atoms. The van der Waals surface area contributed by atoms with Crippen molar-refractivity contribution in [3.8, 4) is 5.75 Å². The van der Waals surface area contributed by atoms with E-state index in [2.05, 4.69) is 15.9 Å². The maximum Gasteiger partial charge on any atom is 0.269 e. The van der Waals surface area contributed by atoms with Crippen LogP contribution in [0.15, 0.2) is 48.5 Å². The van der Waals surface area contributed by atoms with Crippen LogP contribution in [0.2, 0.25) is 0 Å². The molecule has 1 saturated heterocycles. The lowest BCUT2D eigenvalue weighted by Crippen LogP contribution is -2.47. The van der Waals surface area contributed by atoms with Gasteiger partial charge in [-0.2, -0.15) is 0 Å². The molecular weight excluding hydrogens is 318 g/mol. The van der Waals surface area contributed by atoms with Crippen LogP contribution in [0.25, 0.3) is 0 Å². The first-order chi connectivity index (χ1) is 12.2. The van der Waals surface area contributed by atoms with Gasteiger partial charge in [0.05, 0.1) is 17.7 Å². The fraction of sp³-hybridized carbons (Fsp3) is 0.368. The zero-order chi connectivity index (χ0) is 17.6. The standard InChI is InChI=1S/C19H23N3O3/c1-25-19-5-3-2-4-18(19)21-14-12-20(13-15-21)11-10-16-6-8-17(9-7-16)22(23)24/h2-9H,10-15H2,1H3. The number of hydrogen-bond donors (Lipinski definition) is 0. The normalized spacial score (nSPS) is 15.2. The molecule has 2 aromatic carbocycles. The van der Waals surface area contributed by atoms with Gasteiger partial charge in [0.15, 0.2) is 0 Å². The van der Waals surface area contributed by atoms with Crippen LogP contribution in [0.3, 0.4) is 0 Å². The van der Waals surface area contributed by atoms with Gasteiger partial charge in [-0.15, -0.1) is 0 Å². The zero-order valence-electron chi connectivity index (χ0n) is 14.4. The number of nitrogens with zero attached hydrogens (tertiary/aromatic N) is 3. The topological polar surface area (TPSA) is 58.8 Å². The highest BCUT2D eigenvalue weighted by molar-refractivity contribution is 5.58. The predicted molar refractivity (Wildman–Crippen MR) is 98.4 cm³/mol. The third-order valence-corrected chi connectivity index (χ3v) is 4.66. The van der Waals surface area contributed by atoms with E-state index in [1.807, 2.05) is 30.3 Å². The van der Waals surface area contributed by atoms with Crippen molar-refractivity contribution in [2.45, 2.75) is 6.42 Å². The summed E-state index contributed by atoms with van der Waals surface area (Å²) in [4.78, 5) is 15.1. The summed E-state index contributed by atoms with van der Waals surface area (Å²) in [6, 6.07) is 15.0. The summed E-state index contributed by atoms with van der Waals surface area (Å²) in [6.45, 7) is 4.93. The molecule has 0 aromatic heterocycles. The van der Waals surface area contributed by atoms with Crippen molar-refractivity contribution in [3.63, 3.8) is 0 Å². The second-order valence-corrected chi connectivity index (χ2v) is 6.17. The van der Waals surface area contributed by atoms with E-state index >= 15 is 0 Å². The minimum Gasteiger partial charge on any atom is -0.495 e. The molecule has 3 rings (SSSR count). The van der Waals surface area contributed by atoms with Crippen LogP contribution in [0, 0.1) is 10.1 Å². The van der Waals surface area contributed by atoms with E-state index < -0.39 is 0 Å². The summed E-state index contributed by atoms with van der Waals surface area (Å²) in [6.07, 6.45) is 0.909. The summed E-state index contributed by atoms with van der Waals surface area (Å²) < 4.78 is 5.45. The van der Waals surface area contributed by atoms with E-state index in [9.17, 15) is 10.1 Å². The molecule has 132 valence electrons. The number of nitro benzene ring substituents is 1. The Labute approximate surface area is 147 Å². The number of non-ortho nitro benzene ring substituents is 1. The van der Waals surface area contributed by atoms with Gasteiger partial charge in [0.2, 0.25) is 0 Å². The highest BCUT2D eigenvalue weighted by Crippen LogP contribution is 2.28. The molecule has 1 aliphatic heterocycles. The Bertz CT molecular complexity index is 710. The number of para-hydroxylation sites is 2. The summed E-state index contributed by atoms with van der Waals surface area (Å²) in [7, 11) is 1.71. The van der Waals surface area contributed by atoms with Crippen LogP contribution in [-0.4, -0.2) is 49.7 Å². The minimum atomic E-state index is -0.360. The first-order valence-corrected chi connectivity index (χ1v) is 8.51. The third kappa shape index (κ3) is 4.28. The van der Waals surface area contributed by atoms with Crippen molar-refractivity contribution in [2.24, 2.45) is 0 Å². The van der Waals surface area contributed by atoms with Gasteiger partial charge >= 0.3 is 0 Å². The average Bonchev–Trinajstić information content (AvgIpc) is 2.67. The molecule has 0 spiro atoms. The van der Waals surface area contributed by atoms with Crippen LogP contribution in [-0.2, 0) is 6.42 Å². The van der Waals surface area contributed by atoms with Gasteiger partial charge in [-0.25, -0.2) is 0 Å². The minimum absolute atomic E-state index is 0.147. The lowest BCUT2D eigenvalue weighted by atomic mass is 10.1. The van der Waals surface area contributed by atoms with E-state index in [0.717, 1.165) is 56.1 Å². The van der Waals surface area contributed by atoms with Crippen molar-refractivity contribution in [2.75, 3.05) is 44.7 Å². The molecule has 1 fully saturated rings. The van der Waals surface area contributed by atoms with Crippen molar-refractivity contribution in [1.82, 2.24) is 4.90 Å². The van der Waals surface area contributed by atoms with Crippen LogP contribution < -0.4 is 9.64 Å². The molecule has 6 nitrogen and oxygen atoms in total. The van der Waals surface area contributed by atoms with Crippen LogP contribution in [0.5, 0.6) is 5.75 Å². The number of piperazine rings is 1. The SMILES string of the molecule is COc1ccccc1N1CCN(CCc2ccc([N+](=O)[O-])cc2)CC1. The summed E-state index contributed by atoms with van der Waals surface area (Å²) in [5, 5.41) is 10.7. The molecule has 0 amide bonds. The maximum absolute atomic E-state index is 10.7. The molecule has 1 heterocycles. The molecule has 1 aliphatic rings. The summed E-state index contributed by atoms with van der Waals surface area (Å²) in [5.74, 6) is 0.918. The lowest BCUT2D eigenvalue weighted by Gasteiger charge is -2.36. The number of hydrogen-bond acceptors (Lipinski definition) is 5. The second kappa shape index (κ2) is 7.98. The van der Waals surface area contributed by atoms with Crippen LogP contribution in [0.4, 0.5) is 11.4 Å². The number of nitro groups is 1. The largest absolute Gasteiger partial charge is 0.495 e. The molecule has 6 heteroatoms. The number of benzene rings is 2. The van der Waals surface area contributed by atoms with Gasteiger partial charge in [-0.3, -0.25) is 15.0 Å². The van der Waals surface area contributed by atoms with Crippen molar-refractivity contribution in [3.05, 3.63) is 64.2 Å². The maximum atomic E-state index is 10.7. The number of rotatable bonds is 6. The Hall–Kier alpha value is -2.60. The fourth-order valence-corrected chi connectivity index (χ4v) is 3.17. The molecule has 0 radical (unpaired) electrons. The molecule has 25 heavy (non-hydrogen) atoms.